The molecular formula is C10H20N4OS. The molecule has 0 aliphatic carbocycles. The summed E-state index contributed by atoms with van der Waals surface area (Å²) >= 11 is 1.75. The fourth-order valence-electron chi connectivity index (χ4n) is 1.56. The summed E-state index contributed by atoms with van der Waals surface area (Å²) in [5.74, 6) is 1.07. The number of rotatable bonds is 5. The second-order valence-corrected chi connectivity index (χ2v) is 4.84. The number of urea groups is 1. The van der Waals surface area contributed by atoms with E-state index in [0.717, 1.165) is 23.8 Å². The van der Waals surface area contributed by atoms with Gasteiger partial charge in [-0.05, 0) is 12.8 Å². The van der Waals surface area contributed by atoms with Crippen LogP contribution in [0.25, 0.3) is 0 Å². The fraction of sp³-hybridized carbons (Fsp3) is 0.800. The number of carbonyl (C=O) groups excluding carboxylic acids is 1. The summed E-state index contributed by atoms with van der Waals surface area (Å²) in [4.78, 5) is 14.8. The second kappa shape index (κ2) is 5.98. The molecule has 1 fully saturated rings. The van der Waals surface area contributed by atoms with E-state index in [1.807, 2.05) is 0 Å². The van der Waals surface area contributed by atoms with Gasteiger partial charge in [0.15, 0.2) is 5.17 Å². The van der Waals surface area contributed by atoms with Gasteiger partial charge in [-0.3, -0.25) is 4.99 Å². The standard InChI is InChI=1S/C10H20N4OS/c1-3-10(4-2)7-16-9(14-10)13-6-5-12-8(11)15/h3-7H2,1-2H3,(H,13,14)(H3,11,12,15). The molecule has 0 unspecified atom stereocenters. The van der Waals surface area contributed by atoms with Crippen molar-refractivity contribution in [2.24, 2.45) is 10.7 Å². The number of aliphatic imine (C=N–C) groups is 1. The molecule has 4 N–H and O–H groups in total. The topological polar surface area (TPSA) is 79.5 Å². The molecule has 6 heteroatoms. The van der Waals surface area contributed by atoms with Crippen LogP contribution in [-0.4, -0.2) is 35.6 Å². The third kappa shape index (κ3) is 3.59. The number of primary amides is 1. The first-order valence-corrected chi connectivity index (χ1v) is 6.59. The van der Waals surface area contributed by atoms with E-state index in [9.17, 15) is 4.79 Å². The molecule has 92 valence electrons. The van der Waals surface area contributed by atoms with Crippen molar-refractivity contribution in [1.82, 2.24) is 10.6 Å². The summed E-state index contributed by atoms with van der Waals surface area (Å²) in [6.07, 6.45) is 2.21. The summed E-state index contributed by atoms with van der Waals surface area (Å²) in [7, 11) is 0. The largest absolute Gasteiger partial charge is 0.359 e. The van der Waals surface area contributed by atoms with E-state index in [0.29, 0.717) is 13.1 Å². The minimum atomic E-state index is -0.497. The van der Waals surface area contributed by atoms with E-state index in [4.69, 9.17) is 5.73 Å². The Bertz CT molecular complexity index is 276. The first kappa shape index (κ1) is 13.2. The van der Waals surface area contributed by atoms with Gasteiger partial charge in [-0.15, -0.1) is 0 Å². The van der Waals surface area contributed by atoms with Crippen molar-refractivity contribution in [2.75, 3.05) is 18.8 Å². The number of amidine groups is 1. The van der Waals surface area contributed by atoms with Gasteiger partial charge in [0.1, 0.15) is 0 Å². The van der Waals surface area contributed by atoms with Crippen molar-refractivity contribution in [1.29, 1.82) is 0 Å². The van der Waals surface area contributed by atoms with E-state index in [-0.39, 0.29) is 5.54 Å². The van der Waals surface area contributed by atoms with E-state index in [2.05, 4.69) is 29.5 Å². The van der Waals surface area contributed by atoms with Crippen LogP contribution < -0.4 is 16.4 Å². The van der Waals surface area contributed by atoms with Gasteiger partial charge in [-0.2, -0.15) is 0 Å². The normalized spacial score (nSPS) is 20.8. The lowest BCUT2D eigenvalue weighted by Gasteiger charge is -2.25. The highest BCUT2D eigenvalue weighted by Crippen LogP contribution is 2.28. The zero-order chi connectivity index (χ0) is 12.0. The van der Waals surface area contributed by atoms with Gasteiger partial charge < -0.3 is 16.4 Å². The zero-order valence-electron chi connectivity index (χ0n) is 9.88. The molecule has 0 aromatic carbocycles. The maximum Gasteiger partial charge on any atom is 0.312 e. The van der Waals surface area contributed by atoms with Gasteiger partial charge >= 0.3 is 6.03 Å². The quantitative estimate of drug-likeness (QED) is 0.629. The first-order chi connectivity index (χ1) is 7.62. The average Bonchev–Trinajstić information content (AvgIpc) is 2.69. The maximum atomic E-state index is 10.4. The van der Waals surface area contributed by atoms with Gasteiger partial charge in [0, 0.05) is 17.8 Å². The fourth-order valence-corrected chi connectivity index (χ4v) is 2.92. The second-order valence-electron chi connectivity index (χ2n) is 3.88. The van der Waals surface area contributed by atoms with E-state index in [1.165, 1.54) is 0 Å². The Labute approximate surface area is 101 Å². The Morgan fingerprint density at radius 2 is 2.31 bits per heavy atom. The molecule has 0 aromatic heterocycles. The molecule has 0 radical (unpaired) electrons. The molecule has 1 rings (SSSR count). The molecule has 0 saturated carbocycles. The van der Waals surface area contributed by atoms with Crippen molar-refractivity contribution in [3.05, 3.63) is 0 Å². The molecular weight excluding hydrogens is 224 g/mol. The lowest BCUT2D eigenvalue weighted by atomic mass is 9.96. The van der Waals surface area contributed by atoms with Gasteiger partial charge in [0.05, 0.1) is 6.54 Å². The predicted octanol–water partition coefficient (Wildman–Crippen LogP) is 0.906. The Morgan fingerprint density at radius 1 is 1.62 bits per heavy atom. The Hall–Kier alpha value is -0.910. The highest BCUT2D eigenvalue weighted by Gasteiger charge is 2.33. The van der Waals surface area contributed by atoms with Crippen LogP contribution in [0.1, 0.15) is 26.7 Å². The molecule has 0 spiro atoms. The van der Waals surface area contributed by atoms with Crippen molar-refractivity contribution in [3.63, 3.8) is 0 Å². The summed E-state index contributed by atoms with van der Waals surface area (Å²) in [6, 6.07) is -0.497. The molecule has 0 bridgehead atoms. The predicted molar refractivity (Wildman–Crippen MR) is 68.8 cm³/mol. The van der Waals surface area contributed by atoms with Gasteiger partial charge in [-0.1, -0.05) is 25.6 Å². The Morgan fingerprint density at radius 3 is 2.81 bits per heavy atom. The van der Waals surface area contributed by atoms with Crippen LogP contribution in [-0.2, 0) is 0 Å². The van der Waals surface area contributed by atoms with Crippen molar-refractivity contribution in [2.45, 2.75) is 32.2 Å². The number of thioether (sulfide) groups is 1. The molecule has 1 heterocycles. The zero-order valence-corrected chi connectivity index (χ0v) is 10.7. The van der Waals surface area contributed by atoms with E-state index < -0.39 is 6.03 Å². The lowest BCUT2D eigenvalue weighted by Crippen LogP contribution is -2.42. The number of nitrogens with two attached hydrogens (primary N) is 1. The highest BCUT2D eigenvalue weighted by atomic mass is 32.2. The molecule has 16 heavy (non-hydrogen) atoms. The van der Waals surface area contributed by atoms with Crippen molar-refractivity contribution < 1.29 is 4.79 Å². The minimum Gasteiger partial charge on any atom is -0.359 e. The SMILES string of the molecule is CCC1(CC)CSC(=NCCNC(N)=O)N1. The summed E-state index contributed by atoms with van der Waals surface area (Å²) in [5, 5.41) is 6.96. The smallest absolute Gasteiger partial charge is 0.312 e. The molecule has 5 nitrogen and oxygen atoms in total. The number of amides is 2. The van der Waals surface area contributed by atoms with Crippen LogP contribution in [0.5, 0.6) is 0 Å². The minimum absolute atomic E-state index is 0.209. The number of hydrogen-bond donors (Lipinski definition) is 3. The number of hydrogen-bond acceptors (Lipinski definition) is 3. The number of nitrogens with zero attached hydrogens (tertiary/aromatic N) is 1. The van der Waals surface area contributed by atoms with E-state index in [1.54, 1.807) is 11.8 Å². The first-order valence-electron chi connectivity index (χ1n) is 5.60. The molecule has 1 aliphatic rings. The third-order valence-corrected chi connectivity index (χ3v) is 4.08. The van der Waals surface area contributed by atoms with Crippen LogP contribution in [0, 0.1) is 0 Å². The van der Waals surface area contributed by atoms with Crippen molar-refractivity contribution >= 4 is 23.0 Å². The number of nitrogens with one attached hydrogen (secondary N) is 2. The third-order valence-electron chi connectivity index (χ3n) is 2.88. The lowest BCUT2D eigenvalue weighted by molar-refractivity contribution is 0.249. The average molecular weight is 244 g/mol. The van der Waals surface area contributed by atoms with Crippen LogP contribution in [0.15, 0.2) is 4.99 Å². The Kier molecular flexibility index (Phi) is 4.92. The summed E-state index contributed by atoms with van der Waals surface area (Å²) in [5.41, 5.74) is 5.16. The molecule has 1 saturated heterocycles. The number of carbonyl (C=O) groups is 1. The monoisotopic (exact) mass is 244 g/mol. The van der Waals surface area contributed by atoms with Crippen molar-refractivity contribution in [3.8, 4) is 0 Å². The molecule has 1 aliphatic heterocycles. The summed E-state index contributed by atoms with van der Waals surface area (Å²) < 4.78 is 0. The van der Waals surface area contributed by atoms with Crippen LogP contribution in [0.4, 0.5) is 4.79 Å². The van der Waals surface area contributed by atoms with Gasteiger partial charge in [-0.25, -0.2) is 4.79 Å². The summed E-state index contributed by atoms with van der Waals surface area (Å²) in [6.45, 7) is 5.44. The van der Waals surface area contributed by atoms with Crippen LogP contribution in [0.3, 0.4) is 0 Å². The molecule has 2 amide bonds. The van der Waals surface area contributed by atoms with Crippen LogP contribution >= 0.6 is 11.8 Å². The highest BCUT2D eigenvalue weighted by molar-refractivity contribution is 8.14. The maximum absolute atomic E-state index is 10.4. The Balaban J connectivity index is 2.34. The molecule has 0 atom stereocenters. The van der Waals surface area contributed by atoms with Gasteiger partial charge in [0.2, 0.25) is 0 Å². The molecule has 0 aromatic rings. The van der Waals surface area contributed by atoms with Crippen LogP contribution in [0.2, 0.25) is 0 Å². The van der Waals surface area contributed by atoms with Gasteiger partial charge in [0.25, 0.3) is 0 Å². The van der Waals surface area contributed by atoms with E-state index >= 15 is 0 Å².